The van der Waals surface area contributed by atoms with Crippen LogP contribution in [0.2, 0.25) is 0 Å². The summed E-state index contributed by atoms with van der Waals surface area (Å²) in [5.74, 6) is -0.105. The van der Waals surface area contributed by atoms with E-state index in [1.165, 1.54) is 7.11 Å². The van der Waals surface area contributed by atoms with E-state index in [0.717, 1.165) is 23.0 Å². The Balaban J connectivity index is 1.98. The van der Waals surface area contributed by atoms with Crippen LogP contribution in [0.25, 0.3) is 0 Å². The second-order valence-electron chi connectivity index (χ2n) is 4.11. The minimum atomic E-state index is -0.288. The molecule has 0 saturated heterocycles. The average molecular weight is 284 g/mol. The van der Waals surface area contributed by atoms with Crippen molar-refractivity contribution in [1.82, 2.24) is 0 Å². The lowest BCUT2D eigenvalue weighted by Crippen LogP contribution is -2.26. The lowest BCUT2D eigenvalue weighted by Gasteiger charge is -2.15. The summed E-state index contributed by atoms with van der Waals surface area (Å²) < 4.78 is 5.82. The van der Waals surface area contributed by atoms with E-state index in [1.807, 2.05) is 24.3 Å². The molecule has 0 aliphatic heterocycles. The fourth-order valence-electron chi connectivity index (χ4n) is 1.69. The van der Waals surface area contributed by atoms with Crippen molar-refractivity contribution in [3.05, 3.63) is 28.7 Å². The van der Waals surface area contributed by atoms with Crippen LogP contribution in [0.5, 0.6) is 0 Å². The Hall–Kier alpha value is -1.03. The minimum absolute atomic E-state index is 0.105. The van der Waals surface area contributed by atoms with E-state index in [4.69, 9.17) is 4.74 Å². The van der Waals surface area contributed by atoms with Crippen molar-refractivity contribution >= 4 is 27.6 Å². The zero-order valence-electron chi connectivity index (χ0n) is 9.13. The van der Waals surface area contributed by atoms with Crippen LogP contribution in [0, 0.1) is 5.41 Å². The Morgan fingerprint density at radius 1 is 1.50 bits per heavy atom. The van der Waals surface area contributed by atoms with Gasteiger partial charge >= 0.3 is 5.97 Å². The number of benzene rings is 1. The quantitative estimate of drug-likeness (QED) is 0.864. The molecular formula is C12H14BrNO2. The standard InChI is InChI=1S/C12H14BrNO2/c1-16-11(15)12(6-7-12)8-14-10-5-3-2-4-9(10)13/h2-5,14H,6-8H2,1H3. The topological polar surface area (TPSA) is 38.3 Å². The Morgan fingerprint density at radius 3 is 2.75 bits per heavy atom. The molecule has 1 fully saturated rings. The van der Waals surface area contributed by atoms with E-state index < -0.39 is 0 Å². The lowest BCUT2D eigenvalue weighted by atomic mass is 10.1. The van der Waals surface area contributed by atoms with Crippen LogP contribution in [0.15, 0.2) is 28.7 Å². The Morgan fingerprint density at radius 2 is 2.19 bits per heavy atom. The van der Waals surface area contributed by atoms with Crippen molar-refractivity contribution in [3.63, 3.8) is 0 Å². The molecule has 0 unspecified atom stereocenters. The van der Waals surface area contributed by atoms with Crippen molar-refractivity contribution in [3.8, 4) is 0 Å². The maximum atomic E-state index is 11.5. The summed E-state index contributed by atoms with van der Waals surface area (Å²) in [5.41, 5.74) is 0.724. The molecule has 0 atom stereocenters. The molecule has 0 aromatic heterocycles. The molecule has 0 spiro atoms. The number of ether oxygens (including phenoxy) is 1. The second-order valence-corrected chi connectivity index (χ2v) is 4.96. The molecule has 16 heavy (non-hydrogen) atoms. The second kappa shape index (κ2) is 4.45. The van der Waals surface area contributed by atoms with Gasteiger partial charge in [0, 0.05) is 16.7 Å². The van der Waals surface area contributed by atoms with Crippen LogP contribution in [-0.4, -0.2) is 19.6 Å². The van der Waals surface area contributed by atoms with Gasteiger partial charge in [0.15, 0.2) is 0 Å². The molecule has 4 heteroatoms. The SMILES string of the molecule is COC(=O)C1(CNc2ccccc2Br)CC1. The fourth-order valence-corrected chi connectivity index (χ4v) is 2.11. The Labute approximate surface area is 103 Å². The van der Waals surface area contributed by atoms with E-state index in [0.29, 0.717) is 6.54 Å². The van der Waals surface area contributed by atoms with E-state index in [9.17, 15) is 4.79 Å². The molecule has 1 N–H and O–H groups in total. The number of para-hydroxylation sites is 1. The molecular weight excluding hydrogens is 270 g/mol. The first-order chi connectivity index (χ1) is 7.68. The number of anilines is 1. The monoisotopic (exact) mass is 283 g/mol. The number of carbonyl (C=O) groups excluding carboxylic acids is 1. The molecule has 1 aromatic rings. The highest BCUT2D eigenvalue weighted by Gasteiger charge is 2.50. The van der Waals surface area contributed by atoms with Crippen LogP contribution in [0.4, 0.5) is 5.69 Å². The molecule has 2 rings (SSSR count). The third-order valence-corrected chi connectivity index (χ3v) is 3.65. The molecule has 1 aliphatic carbocycles. The number of methoxy groups -OCH3 is 1. The summed E-state index contributed by atoms with van der Waals surface area (Å²) in [5, 5.41) is 3.28. The van der Waals surface area contributed by atoms with Gasteiger partial charge in [0.05, 0.1) is 12.5 Å². The summed E-state index contributed by atoms with van der Waals surface area (Å²) in [7, 11) is 1.45. The van der Waals surface area contributed by atoms with Crippen molar-refractivity contribution in [2.24, 2.45) is 5.41 Å². The number of esters is 1. The molecule has 0 amide bonds. The Bertz CT molecular complexity index is 402. The van der Waals surface area contributed by atoms with Gasteiger partial charge in [0.1, 0.15) is 0 Å². The number of hydrogen-bond donors (Lipinski definition) is 1. The smallest absolute Gasteiger partial charge is 0.313 e. The van der Waals surface area contributed by atoms with Gasteiger partial charge in [0.2, 0.25) is 0 Å². The molecule has 1 aromatic carbocycles. The summed E-state index contributed by atoms with van der Waals surface area (Å²) in [6.07, 6.45) is 1.83. The van der Waals surface area contributed by atoms with Crippen LogP contribution in [0.1, 0.15) is 12.8 Å². The van der Waals surface area contributed by atoms with Crippen molar-refractivity contribution in [2.75, 3.05) is 19.0 Å². The van der Waals surface area contributed by atoms with Crippen LogP contribution in [-0.2, 0) is 9.53 Å². The first-order valence-corrected chi connectivity index (χ1v) is 6.04. The summed E-state index contributed by atoms with van der Waals surface area (Å²) in [6.45, 7) is 0.641. The van der Waals surface area contributed by atoms with Gasteiger partial charge in [-0.15, -0.1) is 0 Å². The minimum Gasteiger partial charge on any atom is -0.469 e. The van der Waals surface area contributed by atoms with Gasteiger partial charge in [-0.05, 0) is 40.9 Å². The molecule has 1 aliphatic rings. The maximum absolute atomic E-state index is 11.5. The summed E-state index contributed by atoms with van der Waals surface area (Å²) in [4.78, 5) is 11.5. The van der Waals surface area contributed by atoms with Crippen LogP contribution >= 0.6 is 15.9 Å². The first-order valence-electron chi connectivity index (χ1n) is 5.25. The van der Waals surface area contributed by atoms with Crippen molar-refractivity contribution < 1.29 is 9.53 Å². The number of hydrogen-bond acceptors (Lipinski definition) is 3. The zero-order valence-corrected chi connectivity index (χ0v) is 10.7. The number of rotatable bonds is 4. The largest absolute Gasteiger partial charge is 0.469 e. The molecule has 3 nitrogen and oxygen atoms in total. The third-order valence-electron chi connectivity index (χ3n) is 2.96. The van der Waals surface area contributed by atoms with Crippen LogP contribution < -0.4 is 5.32 Å². The van der Waals surface area contributed by atoms with Gasteiger partial charge in [-0.25, -0.2) is 0 Å². The predicted molar refractivity (Wildman–Crippen MR) is 66.3 cm³/mol. The summed E-state index contributed by atoms with van der Waals surface area (Å²) >= 11 is 3.46. The molecule has 0 radical (unpaired) electrons. The summed E-state index contributed by atoms with van der Waals surface area (Å²) in [6, 6.07) is 7.88. The molecule has 0 heterocycles. The number of carbonyl (C=O) groups is 1. The van der Waals surface area contributed by atoms with Crippen molar-refractivity contribution in [1.29, 1.82) is 0 Å². The lowest BCUT2D eigenvalue weighted by molar-refractivity contribution is -0.146. The van der Waals surface area contributed by atoms with Crippen molar-refractivity contribution in [2.45, 2.75) is 12.8 Å². The Kier molecular flexibility index (Phi) is 3.19. The molecule has 1 saturated carbocycles. The van der Waals surface area contributed by atoms with E-state index in [-0.39, 0.29) is 11.4 Å². The van der Waals surface area contributed by atoms with Gasteiger partial charge in [-0.2, -0.15) is 0 Å². The van der Waals surface area contributed by atoms with E-state index in [1.54, 1.807) is 0 Å². The zero-order chi connectivity index (χ0) is 11.6. The first kappa shape index (κ1) is 11.5. The highest BCUT2D eigenvalue weighted by atomic mass is 79.9. The fraction of sp³-hybridized carbons (Fsp3) is 0.417. The molecule has 86 valence electrons. The van der Waals surface area contributed by atoms with E-state index >= 15 is 0 Å². The van der Waals surface area contributed by atoms with Crippen LogP contribution in [0.3, 0.4) is 0 Å². The predicted octanol–water partition coefficient (Wildman–Crippen LogP) is 2.81. The average Bonchev–Trinajstić information content (AvgIpc) is 3.08. The third kappa shape index (κ3) is 2.21. The van der Waals surface area contributed by atoms with Gasteiger partial charge < -0.3 is 10.1 Å². The number of nitrogens with one attached hydrogen (secondary N) is 1. The van der Waals surface area contributed by atoms with Gasteiger partial charge in [0.25, 0.3) is 0 Å². The highest BCUT2D eigenvalue weighted by Crippen LogP contribution is 2.46. The number of halogens is 1. The highest BCUT2D eigenvalue weighted by molar-refractivity contribution is 9.10. The van der Waals surface area contributed by atoms with Gasteiger partial charge in [-0.1, -0.05) is 12.1 Å². The maximum Gasteiger partial charge on any atom is 0.313 e. The normalized spacial score (nSPS) is 16.6. The van der Waals surface area contributed by atoms with E-state index in [2.05, 4.69) is 21.2 Å². The van der Waals surface area contributed by atoms with Gasteiger partial charge in [-0.3, -0.25) is 4.79 Å². The molecule has 0 bridgehead atoms.